The molecule has 3 heterocycles. The molecule has 0 aliphatic heterocycles. The molecular weight excluding hydrogens is 440 g/mol. The molecule has 0 atom stereocenters. The first-order valence-electron chi connectivity index (χ1n) is 10.3. The number of aryl methyl sites for hydroxylation is 1. The topological polar surface area (TPSA) is 86.2 Å². The van der Waals surface area contributed by atoms with E-state index >= 15 is 0 Å². The number of nitrogens with zero attached hydrogens (tertiary/aromatic N) is 5. The summed E-state index contributed by atoms with van der Waals surface area (Å²) in [6.45, 7) is 2.02. The van der Waals surface area contributed by atoms with Crippen LogP contribution in [0.2, 0.25) is 5.15 Å². The lowest BCUT2D eigenvalue weighted by atomic mass is 10.2. The van der Waals surface area contributed by atoms with Crippen molar-refractivity contribution in [3.8, 4) is 5.69 Å². The molecule has 0 aliphatic rings. The number of aromatic nitrogens is 5. The normalized spacial score (nSPS) is 11.1. The first-order chi connectivity index (χ1) is 16.0. The quantitative estimate of drug-likeness (QED) is 0.432. The number of amides is 1. The van der Waals surface area contributed by atoms with Crippen molar-refractivity contribution in [2.75, 3.05) is 5.32 Å². The van der Waals surface area contributed by atoms with Crippen molar-refractivity contribution in [2.45, 2.75) is 13.5 Å². The van der Waals surface area contributed by atoms with E-state index in [1.54, 1.807) is 37.4 Å². The number of pyridine rings is 1. The van der Waals surface area contributed by atoms with Gasteiger partial charge >= 0.3 is 5.69 Å². The van der Waals surface area contributed by atoms with Crippen LogP contribution < -0.4 is 11.0 Å². The standard InChI is InChI=1S/C24H19ClN6O2/c1-16-21(22(25)31(27-16)19-10-3-2-4-11-19)23(32)26-18-9-7-8-17(14-18)15-30-24(33)29-13-6-5-12-20(29)28-30/h2-14H,15H2,1H3,(H,26,32). The predicted molar refractivity (Wildman–Crippen MR) is 126 cm³/mol. The minimum absolute atomic E-state index is 0.226. The maximum absolute atomic E-state index is 13.0. The number of carbonyl (C=O) groups excluding carboxylic acids is 1. The van der Waals surface area contributed by atoms with Crippen LogP contribution in [0.15, 0.2) is 83.8 Å². The summed E-state index contributed by atoms with van der Waals surface area (Å²) in [5, 5.41) is 11.9. The first kappa shape index (κ1) is 20.7. The van der Waals surface area contributed by atoms with E-state index in [0.717, 1.165) is 11.3 Å². The van der Waals surface area contributed by atoms with Gasteiger partial charge in [-0.25, -0.2) is 14.2 Å². The molecule has 0 fully saturated rings. The number of hydrogen-bond acceptors (Lipinski definition) is 4. The highest BCUT2D eigenvalue weighted by molar-refractivity contribution is 6.34. The number of fused-ring (bicyclic) bond motifs is 1. The molecule has 0 spiro atoms. The van der Waals surface area contributed by atoms with Gasteiger partial charge in [-0.2, -0.15) is 5.10 Å². The third kappa shape index (κ3) is 3.92. The fourth-order valence-electron chi connectivity index (χ4n) is 3.68. The Hall–Kier alpha value is -4.17. The third-order valence-electron chi connectivity index (χ3n) is 5.24. The summed E-state index contributed by atoms with van der Waals surface area (Å²) in [5.74, 6) is -0.360. The lowest BCUT2D eigenvalue weighted by Gasteiger charge is -2.08. The molecule has 2 aromatic carbocycles. The van der Waals surface area contributed by atoms with Gasteiger partial charge in [-0.05, 0) is 48.9 Å². The van der Waals surface area contributed by atoms with Crippen LogP contribution in [0.1, 0.15) is 21.6 Å². The zero-order valence-electron chi connectivity index (χ0n) is 17.6. The van der Waals surface area contributed by atoms with Crippen molar-refractivity contribution >= 4 is 28.8 Å². The molecular formula is C24H19ClN6O2. The van der Waals surface area contributed by atoms with Gasteiger partial charge in [-0.1, -0.05) is 48.0 Å². The Morgan fingerprint density at radius 2 is 1.79 bits per heavy atom. The molecule has 8 nitrogen and oxygen atoms in total. The fourth-order valence-corrected chi connectivity index (χ4v) is 4.04. The van der Waals surface area contributed by atoms with Gasteiger partial charge in [0.05, 0.1) is 17.9 Å². The van der Waals surface area contributed by atoms with Crippen molar-refractivity contribution < 1.29 is 4.79 Å². The van der Waals surface area contributed by atoms with E-state index in [0.29, 0.717) is 22.6 Å². The van der Waals surface area contributed by atoms with Gasteiger partial charge in [-0.3, -0.25) is 9.20 Å². The second kappa shape index (κ2) is 8.40. The molecule has 0 saturated heterocycles. The van der Waals surface area contributed by atoms with E-state index in [9.17, 15) is 9.59 Å². The third-order valence-corrected chi connectivity index (χ3v) is 5.59. The van der Waals surface area contributed by atoms with Crippen LogP contribution in [-0.2, 0) is 6.54 Å². The Labute approximate surface area is 193 Å². The maximum atomic E-state index is 13.0. The van der Waals surface area contributed by atoms with Crippen LogP contribution in [0.5, 0.6) is 0 Å². The molecule has 164 valence electrons. The van der Waals surface area contributed by atoms with Crippen LogP contribution in [-0.4, -0.2) is 29.9 Å². The Morgan fingerprint density at radius 3 is 2.58 bits per heavy atom. The minimum atomic E-state index is -0.360. The zero-order chi connectivity index (χ0) is 22.9. The Kier molecular flexibility index (Phi) is 5.27. The van der Waals surface area contributed by atoms with Crippen LogP contribution in [0.25, 0.3) is 11.3 Å². The number of nitrogens with one attached hydrogen (secondary N) is 1. The van der Waals surface area contributed by atoms with Crippen molar-refractivity contribution in [3.05, 3.63) is 111 Å². The number of rotatable bonds is 5. The maximum Gasteiger partial charge on any atom is 0.350 e. The van der Waals surface area contributed by atoms with Crippen molar-refractivity contribution in [3.63, 3.8) is 0 Å². The SMILES string of the molecule is Cc1nn(-c2ccccc2)c(Cl)c1C(=O)Nc1cccc(Cn2nc3ccccn3c2=O)c1. The van der Waals surface area contributed by atoms with E-state index in [1.165, 1.54) is 13.8 Å². The Morgan fingerprint density at radius 1 is 1.00 bits per heavy atom. The summed E-state index contributed by atoms with van der Waals surface area (Å²) in [6.07, 6.45) is 1.68. The van der Waals surface area contributed by atoms with E-state index in [2.05, 4.69) is 15.5 Å². The van der Waals surface area contributed by atoms with Crippen LogP contribution in [0.4, 0.5) is 5.69 Å². The fraction of sp³-hybridized carbons (Fsp3) is 0.0833. The van der Waals surface area contributed by atoms with E-state index in [4.69, 9.17) is 11.6 Å². The van der Waals surface area contributed by atoms with Gasteiger partial charge < -0.3 is 5.32 Å². The summed E-state index contributed by atoms with van der Waals surface area (Å²) in [5.41, 5.74) is 3.35. The summed E-state index contributed by atoms with van der Waals surface area (Å²) < 4.78 is 4.42. The second-order valence-electron chi connectivity index (χ2n) is 7.52. The highest BCUT2D eigenvalue weighted by Crippen LogP contribution is 2.24. The van der Waals surface area contributed by atoms with Gasteiger partial charge in [0, 0.05) is 11.9 Å². The lowest BCUT2D eigenvalue weighted by Crippen LogP contribution is -2.21. The molecule has 0 unspecified atom stereocenters. The largest absolute Gasteiger partial charge is 0.350 e. The smallest absolute Gasteiger partial charge is 0.322 e. The molecule has 1 amide bonds. The zero-order valence-corrected chi connectivity index (χ0v) is 18.4. The number of carbonyl (C=O) groups is 1. The van der Waals surface area contributed by atoms with Gasteiger partial charge in [0.1, 0.15) is 10.7 Å². The summed E-state index contributed by atoms with van der Waals surface area (Å²) in [7, 11) is 0. The molecule has 0 aliphatic carbocycles. The number of hydrogen-bond donors (Lipinski definition) is 1. The Bertz CT molecular complexity index is 1530. The van der Waals surface area contributed by atoms with Crippen LogP contribution >= 0.6 is 11.6 Å². The van der Waals surface area contributed by atoms with Crippen LogP contribution in [0, 0.1) is 6.92 Å². The van der Waals surface area contributed by atoms with Crippen molar-refractivity contribution in [2.24, 2.45) is 0 Å². The first-order valence-corrected chi connectivity index (χ1v) is 10.6. The van der Waals surface area contributed by atoms with Crippen molar-refractivity contribution in [1.82, 2.24) is 24.0 Å². The predicted octanol–water partition coefficient (Wildman–Crippen LogP) is 3.94. The molecule has 1 N–H and O–H groups in total. The monoisotopic (exact) mass is 458 g/mol. The number of benzene rings is 2. The molecule has 9 heteroatoms. The van der Waals surface area contributed by atoms with Gasteiger partial charge in [0.25, 0.3) is 5.91 Å². The van der Waals surface area contributed by atoms with E-state index in [-0.39, 0.29) is 23.3 Å². The lowest BCUT2D eigenvalue weighted by molar-refractivity contribution is 0.102. The second-order valence-corrected chi connectivity index (χ2v) is 7.88. The average Bonchev–Trinajstić information content (AvgIpc) is 3.30. The molecule has 5 aromatic rings. The molecule has 0 saturated carbocycles. The number of halogens is 1. The molecule has 3 aromatic heterocycles. The summed E-state index contributed by atoms with van der Waals surface area (Å²) in [4.78, 5) is 25.6. The molecule has 0 bridgehead atoms. The molecule has 33 heavy (non-hydrogen) atoms. The molecule has 0 radical (unpaired) electrons. The van der Waals surface area contributed by atoms with Crippen LogP contribution in [0.3, 0.4) is 0 Å². The van der Waals surface area contributed by atoms with Gasteiger partial charge in [-0.15, -0.1) is 5.10 Å². The summed E-state index contributed by atoms with van der Waals surface area (Å²) >= 11 is 6.51. The average molecular weight is 459 g/mol. The van der Waals surface area contributed by atoms with Crippen molar-refractivity contribution in [1.29, 1.82) is 0 Å². The highest BCUT2D eigenvalue weighted by Gasteiger charge is 2.21. The highest BCUT2D eigenvalue weighted by atomic mass is 35.5. The van der Waals surface area contributed by atoms with Gasteiger partial charge in [0.2, 0.25) is 0 Å². The summed E-state index contributed by atoms with van der Waals surface area (Å²) in [6, 6.07) is 22.0. The van der Waals surface area contributed by atoms with Gasteiger partial charge in [0.15, 0.2) is 5.65 Å². The van der Waals surface area contributed by atoms with E-state index in [1.807, 2.05) is 48.5 Å². The Balaban J connectivity index is 1.39. The minimum Gasteiger partial charge on any atom is -0.322 e. The number of para-hydroxylation sites is 1. The molecule has 5 rings (SSSR count). The number of anilines is 1. The van der Waals surface area contributed by atoms with E-state index < -0.39 is 0 Å².